The summed E-state index contributed by atoms with van der Waals surface area (Å²) in [5.41, 5.74) is 2.55. The van der Waals surface area contributed by atoms with Crippen molar-refractivity contribution in [1.29, 1.82) is 0 Å². The molecule has 9 nitrogen and oxygen atoms in total. The number of benzene rings is 1. The molecule has 39 heavy (non-hydrogen) atoms. The van der Waals surface area contributed by atoms with Gasteiger partial charge in [-0.2, -0.15) is 0 Å². The number of hydrogen-bond acceptors (Lipinski definition) is 6. The second-order valence-electron chi connectivity index (χ2n) is 10.9. The van der Waals surface area contributed by atoms with Crippen molar-refractivity contribution in [1.82, 2.24) is 16.0 Å². The summed E-state index contributed by atoms with van der Waals surface area (Å²) in [6.45, 7) is 4.46. The summed E-state index contributed by atoms with van der Waals surface area (Å²) in [4.78, 5) is 36.4. The van der Waals surface area contributed by atoms with Gasteiger partial charge in [0.15, 0.2) is 0 Å². The van der Waals surface area contributed by atoms with Gasteiger partial charge in [0.2, 0.25) is 0 Å². The Hall–Kier alpha value is -1.62. The van der Waals surface area contributed by atoms with Gasteiger partial charge < -0.3 is 31.3 Å². The lowest BCUT2D eigenvalue weighted by molar-refractivity contribution is -0.144. The zero-order valence-electron chi connectivity index (χ0n) is 22.0. The van der Waals surface area contributed by atoms with E-state index < -0.39 is 35.7 Å². The van der Waals surface area contributed by atoms with E-state index in [0.29, 0.717) is 38.9 Å². The van der Waals surface area contributed by atoms with Gasteiger partial charge in [-0.15, -0.1) is 37.2 Å². The van der Waals surface area contributed by atoms with Crippen molar-refractivity contribution in [3.63, 3.8) is 0 Å². The maximum Gasteiger partial charge on any atom is 0.307 e. The van der Waals surface area contributed by atoms with E-state index in [0.717, 1.165) is 55.6 Å². The number of hydrogen-bond donors (Lipinski definition) is 6. The Bertz CT molecular complexity index is 819. The first-order valence-corrected chi connectivity index (χ1v) is 13.2. The first kappa shape index (κ1) is 35.4. The largest absolute Gasteiger partial charge is 0.481 e. The lowest BCUT2D eigenvalue weighted by Crippen LogP contribution is -2.29. The third-order valence-electron chi connectivity index (χ3n) is 8.43. The monoisotopic (exact) mass is 609 g/mol. The summed E-state index contributed by atoms with van der Waals surface area (Å²) in [6.07, 6.45) is 3.51. The van der Waals surface area contributed by atoms with Crippen molar-refractivity contribution in [2.45, 2.75) is 38.5 Å². The number of carboxylic acids is 3. The normalized spacial score (nSPS) is 24.5. The number of carboxylic acid groups (broad SMARTS) is 3. The molecule has 6 atom stereocenters. The maximum absolute atomic E-state index is 12.1. The molecule has 3 aliphatic heterocycles. The molecule has 0 saturated carbocycles. The molecule has 1 aromatic carbocycles. The number of aliphatic carboxylic acids is 3. The first-order valence-electron chi connectivity index (χ1n) is 13.2. The first-order chi connectivity index (χ1) is 17.3. The molecular weight excluding hydrogens is 569 g/mol. The minimum atomic E-state index is -0.823. The standard InChI is InChI=1S/C27H39N3O6.3ClH/c31-25(32)22(19-1-4-28-13-19)10-16-7-17(11-23(26(33)34)20-2-5-29-14-20)9-18(8-16)12-24(27(35)36)21-3-6-30-15-21;;;/h7-9,19-24,28-30H,1-6,10-15H2,(H,31,32)(H,33,34)(H,35,36);3*1H/t19-,20-,21-,22-,23-,24-;;;/m0.../s1. The summed E-state index contributed by atoms with van der Waals surface area (Å²) in [5.74, 6) is -3.94. The summed E-state index contributed by atoms with van der Waals surface area (Å²) in [6, 6.07) is 5.85. The molecule has 0 spiro atoms. The van der Waals surface area contributed by atoms with E-state index >= 15 is 0 Å². The van der Waals surface area contributed by atoms with Gasteiger partial charge in [0, 0.05) is 0 Å². The molecule has 0 unspecified atom stereocenters. The lowest BCUT2D eigenvalue weighted by Gasteiger charge is -2.23. The zero-order chi connectivity index (χ0) is 25.7. The molecule has 3 heterocycles. The highest BCUT2D eigenvalue weighted by Crippen LogP contribution is 2.30. The summed E-state index contributed by atoms with van der Waals surface area (Å²) >= 11 is 0. The van der Waals surface area contributed by atoms with Crippen LogP contribution in [0.3, 0.4) is 0 Å². The second kappa shape index (κ2) is 16.6. The smallest absolute Gasteiger partial charge is 0.307 e. The van der Waals surface area contributed by atoms with Gasteiger partial charge in [-0.05, 0) is 112 Å². The molecule has 222 valence electrons. The average molecular weight is 611 g/mol. The van der Waals surface area contributed by atoms with Crippen LogP contribution in [-0.4, -0.2) is 72.5 Å². The topological polar surface area (TPSA) is 148 Å². The molecule has 0 aromatic heterocycles. The van der Waals surface area contributed by atoms with E-state index in [1.165, 1.54) is 0 Å². The van der Waals surface area contributed by atoms with Crippen LogP contribution in [0.4, 0.5) is 0 Å². The van der Waals surface area contributed by atoms with Crippen LogP contribution < -0.4 is 16.0 Å². The highest BCUT2D eigenvalue weighted by Gasteiger charge is 2.34. The average Bonchev–Trinajstić information content (AvgIpc) is 3.62. The Morgan fingerprint density at radius 2 is 0.846 bits per heavy atom. The summed E-state index contributed by atoms with van der Waals surface area (Å²) in [7, 11) is 0. The van der Waals surface area contributed by atoms with Gasteiger partial charge in [-0.1, -0.05) is 18.2 Å². The van der Waals surface area contributed by atoms with Crippen LogP contribution in [0.25, 0.3) is 0 Å². The Labute approximate surface area is 248 Å². The van der Waals surface area contributed by atoms with Gasteiger partial charge in [0.05, 0.1) is 17.8 Å². The number of rotatable bonds is 12. The molecule has 12 heteroatoms. The van der Waals surface area contributed by atoms with Crippen molar-refractivity contribution >= 4 is 55.1 Å². The molecule has 3 fully saturated rings. The number of nitrogens with one attached hydrogen (secondary N) is 3. The molecule has 0 bridgehead atoms. The lowest BCUT2D eigenvalue weighted by atomic mass is 9.81. The second-order valence-corrected chi connectivity index (χ2v) is 10.9. The Morgan fingerprint density at radius 1 is 0.590 bits per heavy atom. The Balaban J connectivity index is 0.00000253. The molecule has 0 aliphatic carbocycles. The fourth-order valence-corrected chi connectivity index (χ4v) is 6.38. The minimum absolute atomic E-state index is 0. The quantitative estimate of drug-likeness (QED) is 0.210. The van der Waals surface area contributed by atoms with Gasteiger partial charge in [-0.25, -0.2) is 0 Å². The van der Waals surface area contributed by atoms with E-state index in [1.807, 2.05) is 18.2 Å². The molecular formula is C27H42Cl3N3O6. The third kappa shape index (κ3) is 9.47. The Kier molecular flexibility index (Phi) is 15.1. The maximum atomic E-state index is 12.1. The van der Waals surface area contributed by atoms with Gasteiger partial charge in [0.1, 0.15) is 0 Å². The predicted octanol–water partition coefficient (Wildman–Crippen LogP) is 2.51. The van der Waals surface area contributed by atoms with Gasteiger partial charge >= 0.3 is 17.9 Å². The van der Waals surface area contributed by atoms with Crippen molar-refractivity contribution in [3.8, 4) is 0 Å². The molecule has 1 aromatic rings. The van der Waals surface area contributed by atoms with Crippen molar-refractivity contribution in [2.24, 2.45) is 35.5 Å². The third-order valence-corrected chi connectivity index (χ3v) is 8.43. The van der Waals surface area contributed by atoms with E-state index in [1.54, 1.807) is 0 Å². The van der Waals surface area contributed by atoms with Crippen LogP contribution in [0, 0.1) is 35.5 Å². The fraction of sp³-hybridized carbons (Fsp3) is 0.667. The SMILES string of the molecule is Cl.Cl.Cl.O=C(O)[C@@H](Cc1cc(C[C@H](C(=O)O)[C@H]2CCNC2)cc(C[C@H](C(=O)O)[C@H]2CCNC2)c1)[C@H]1CCNC1. The van der Waals surface area contributed by atoms with Crippen molar-refractivity contribution < 1.29 is 29.7 Å². The molecule has 3 aliphatic rings. The van der Waals surface area contributed by atoms with E-state index in [-0.39, 0.29) is 55.0 Å². The summed E-state index contributed by atoms with van der Waals surface area (Å²) in [5, 5.41) is 39.6. The number of halogens is 3. The molecule has 3 saturated heterocycles. The van der Waals surface area contributed by atoms with E-state index in [9.17, 15) is 29.7 Å². The highest BCUT2D eigenvalue weighted by atomic mass is 35.5. The Morgan fingerprint density at radius 3 is 1.03 bits per heavy atom. The van der Waals surface area contributed by atoms with E-state index in [2.05, 4.69) is 16.0 Å². The van der Waals surface area contributed by atoms with E-state index in [4.69, 9.17) is 0 Å². The number of carbonyl (C=O) groups is 3. The van der Waals surface area contributed by atoms with Gasteiger partial charge in [-0.3, -0.25) is 14.4 Å². The molecule has 4 rings (SSSR count). The van der Waals surface area contributed by atoms with Crippen LogP contribution in [0.1, 0.15) is 36.0 Å². The van der Waals surface area contributed by atoms with Gasteiger partial charge in [0.25, 0.3) is 0 Å². The summed E-state index contributed by atoms with van der Waals surface area (Å²) < 4.78 is 0. The van der Waals surface area contributed by atoms with Crippen molar-refractivity contribution in [3.05, 3.63) is 34.9 Å². The van der Waals surface area contributed by atoms with Crippen LogP contribution in [0.5, 0.6) is 0 Å². The fourth-order valence-electron chi connectivity index (χ4n) is 6.38. The van der Waals surface area contributed by atoms with Crippen LogP contribution in [-0.2, 0) is 33.6 Å². The highest BCUT2D eigenvalue weighted by molar-refractivity contribution is 5.86. The predicted molar refractivity (Wildman–Crippen MR) is 156 cm³/mol. The zero-order valence-corrected chi connectivity index (χ0v) is 24.4. The molecule has 0 radical (unpaired) electrons. The molecule has 6 N–H and O–H groups in total. The van der Waals surface area contributed by atoms with Crippen LogP contribution in [0.15, 0.2) is 18.2 Å². The van der Waals surface area contributed by atoms with Crippen LogP contribution in [0.2, 0.25) is 0 Å². The minimum Gasteiger partial charge on any atom is -0.481 e. The molecule has 0 amide bonds. The van der Waals surface area contributed by atoms with Crippen molar-refractivity contribution in [2.75, 3.05) is 39.3 Å². The van der Waals surface area contributed by atoms with Crippen LogP contribution >= 0.6 is 37.2 Å².